The van der Waals surface area contributed by atoms with Crippen molar-refractivity contribution in [2.75, 3.05) is 13.1 Å². The van der Waals surface area contributed by atoms with Crippen LogP contribution in [0.1, 0.15) is 36.5 Å². The number of aromatic hydroxyl groups is 1. The van der Waals surface area contributed by atoms with Crippen molar-refractivity contribution in [1.29, 1.82) is 0 Å². The number of phenolic OH excluding ortho intramolecular Hbond substituents is 1. The number of hydrogen-bond acceptors (Lipinski definition) is 2. The lowest BCUT2D eigenvalue weighted by atomic mass is 10.0. The van der Waals surface area contributed by atoms with Gasteiger partial charge < -0.3 is 10.0 Å². The zero-order chi connectivity index (χ0) is 13.1. The van der Waals surface area contributed by atoms with Gasteiger partial charge in [0.25, 0.3) is 5.91 Å². The van der Waals surface area contributed by atoms with E-state index in [0.717, 1.165) is 31.4 Å². The molecule has 1 unspecified atom stereocenters. The highest BCUT2D eigenvalue weighted by atomic mass is 19.1. The molecular weight excluding hydrogens is 233 g/mol. The highest BCUT2D eigenvalue weighted by Crippen LogP contribution is 2.23. The molecule has 1 aromatic rings. The van der Waals surface area contributed by atoms with Crippen LogP contribution in [0.15, 0.2) is 18.2 Å². The van der Waals surface area contributed by atoms with Crippen molar-refractivity contribution in [2.24, 2.45) is 5.92 Å². The number of amides is 1. The second-order valence-electron chi connectivity index (χ2n) is 4.99. The number of nitrogens with zero attached hydrogens (tertiary/aromatic N) is 1. The Bertz CT molecular complexity index is 447. The molecule has 1 amide bonds. The van der Waals surface area contributed by atoms with Crippen molar-refractivity contribution in [2.45, 2.75) is 26.2 Å². The largest absolute Gasteiger partial charge is 0.507 e. The predicted octanol–water partition coefficient (Wildman–Crippen LogP) is 2.79. The zero-order valence-electron chi connectivity index (χ0n) is 10.5. The average Bonchev–Trinajstić information content (AvgIpc) is 2.56. The number of likely N-dealkylation sites (tertiary alicyclic amines) is 1. The molecule has 18 heavy (non-hydrogen) atoms. The molecule has 98 valence electrons. The molecule has 1 heterocycles. The van der Waals surface area contributed by atoms with Crippen LogP contribution in [-0.2, 0) is 0 Å². The Balaban J connectivity index is 2.17. The number of benzene rings is 1. The van der Waals surface area contributed by atoms with E-state index in [1.807, 2.05) is 0 Å². The molecule has 1 aliphatic heterocycles. The highest BCUT2D eigenvalue weighted by Gasteiger charge is 2.22. The van der Waals surface area contributed by atoms with Gasteiger partial charge in [0.2, 0.25) is 0 Å². The normalized spacial score (nSPS) is 20.6. The number of rotatable bonds is 1. The smallest absolute Gasteiger partial charge is 0.257 e. The third kappa shape index (κ3) is 2.81. The van der Waals surface area contributed by atoms with Crippen molar-refractivity contribution >= 4 is 5.91 Å². The topological polar surface area (TPSA) is 40.5 Å². The van der Waals surface area contributed by atoms with Gasteiger partial charge in [-0.3, -0.25) is 4.79 Å². The molecule has 1 aliphatic rings. The first-order valence-electron chi connectivity index (χ1n) is 6.35. The molecule has 0 aromatic heterocycles. The van der Waals surface area contributed by atoms with E-state index in [-0.39, 0.29) is 17.2 Å². The first-order chi connectivity index (χ1) is 8.58. The van der Waals surface area contributed by atoms with E-state index in [1.165, 1.54) is 6.07 Å². The van der Waals surface area contributed by atoms with Crippen LogP contribution in [0.25, 0.3) is 0 Å². The molecular formula is C14H18FNO2. The van der Waals surface area contributed by atoms with Crippen molar-refractivity contribution in [1.82, 2.24) is 4.90 Å². The Morgan fingerprint density at radius 2 is 2.17 bits per heavy atom. The molecule has 1 saturated heterocycles. The highest BCUT2D eigenvalue weighted by molar-refractivity contribution is 5.96. The minimum absolute atomic E-state index is 0.0598. The summed E-state index contributed by atoms with van der Waals surface area (Å²) in [7, 11) is 0. The number of hydrogen-bond donors (Lipinski definition) is 1. The van der Waals surface area contributed by atoms with Gasteiger partial charge in [0.15, 0.2) is 0 Å². The number of phenols is 1. The lowest BCUT2D eigenvalue weighted by molar-refractivity contribution is 0.0757. The standard InChI is InChI=1S/C14H18FNO2/c1-10-3-2-7-16(8-6-10)14(18)12-9-11(15)4-5-13(12)17/h4-5,9-10,17H,2-3,6-8H2,1H3. The average molecular weight is 251 g/mol. The van der Waals surface area contributed by atoms with Crippen LogP contribution >= 0.6 is 0 Å². The molecule has 1 fully saturated rings. The fourth-order valence-corrected chi connectivity index (χ4v) is 2.32. The summed E-state index contributed by atoms with van der Waals surface area (Å²) >= 11 is 0. The SMILES string of the molecule is CC1CCCN(C(=O)c2cc(F)ccc2O)CC1. The summed E-state index contributed by atoms with van der Waals surface area (Å²) in [4.78, 5) is 13.9. The Labute approximate surface area is 106 Å². The monoisotopic (exact) mass is 251 g/mol. The second kappa shape index (κ2) is 5.38. The van der Waals surface area contributed by atoms with E-state index in [4.69, 9.17) is 0 Å². The fourth-order valence-electron chi connectivity index (χ4n) is 2.32. The maximum absolute atomic E-state index is 13.1. The van der Waals surface area contributed by atoms with Crippen LogP contribution in [0.4, 0.5) is 4.39 Å². The molecule has 1 atom stereocenters. The first-order valence-corrected chi connectivity index (χ1v) is 6.35. The van der Waals surface area contributed by atoms with Crippen LogP contribution in [0.2, 0.25) is 0 Å². The Morgan fingerprint density at radius 1 is 1.39 bits per heavy atom. The van der Waals surface area contributed by atoms with Gasteiger partial charge in [-0.05, 0) is 43.4 Å². The zero-order valence-corrected chi connectivity index (χ0v) is 10.5. The quantitative estimate of drug-likeness (QED) is 0.833. The lowest BCUT2D eigenvalue weighted by Gasteiger charge is -2.21. The number of carbonyl (C=O) groups excluding carboxylic acids is 1. The third-order valence-electron chi connectivity index (χ3n) is 3.49. The van der Waals surface area contributed by atoms with Crippen LogP contribution in [0.5, 0.6) is 5.75 Å². The summed E-state index contributed by atoms with van der Waals surface area (Å²) in [6.45, 7) is 3.53. The van der Waals surface area contributed by atoms with Gasteiger partial charge in [-0.2, -0.15) is 0 Å². The van der Waals surface area contributed by atoms with Crippen molar-refractivity contribution in [3.05, 3.63) is 29.6 Å². The molecule has 0 radical (unpaired) electrons. The maximum Gasteiger partial charge on any atom is 0.257 e. The van der Waals surface area contributed by atoms with Gasteiger partial charge in [0, 0.05) is 13.1 Å². The van der Waals surface area contributed by atoms with Crippen LogP contribution < -0.4 is 0 Å². The first kappa shape index (κ1) is 12.9. The molecule has 3 nitrogen and oxygen atoms in total. The molecule has 0 saturated carbocycles. The number of carbonyl (C=O) groups is 1. The Hall–Kier alpha value is -1.58. The van der Waals surface area contributed by atoms with Gasteiger partial charge >= 0.3 is 0 Å². The van der Waals surface area contributed by atoms with Crippen LogP contribution in [0, 0.1) is 11.7 Å². The number of halogens is 1. The third-order valence-corrected chi connectivity index (χ3v) is 3.49. The summed E-state index contributed by atoms with van der Waals surface area (Å²) < 4.78 is 13.1. The van der Waals surface area contributed by atoms with E-state index in [0.29, 0.717) is 19.0 Å². The molecule has 4 heteroatoms. The lowest BCUT2D eigenvalue weighted by Crippen LogP contribution is -2.32. The molecule has 1 N–H and O–H groups in total. The molecule has 2 rings (SSSR count). The molecule has 0 spiro atoms. The van der Waals surface area contributed by atoms with Gasteiger partial charge in [0.05, 0.1) is 5.56 Å². The minimum atomic E-state index is -0.501. The van der Waals surface area contributed by atoms with E-state index in [1.54, 1.807) is 4.90 Å². The second-order valence-corrected chi connectivity index (χ2v) is 4.99. The predicted molar refractivity (Wildman–Crippen MR) is 67.0 cm³/mol. The summed E-state index contributed by atoms with van der Waals surface area (Å²) in [5.74, 6) is -0.317. The van der Waals surface area contributed by atoms with Crippen LogP contribution in [-0.4, -0.2) is 29.0 Å². The summed E-state index contributed by atoms with van der Waals surface area (Å²) in [5, 5.41) is 9.64. The molecule has 0 bridgehead atoms. The maximum atomic E-state index is 13.1. The Morgan fingerprint density at radius 3 is 2.94 bits per heavy atom. The summed E-state index contributed by atoms with van der Waals surface area (Å²) in [6, 6.07) is 3.48. The summed E-state index contributed by atoms with van der Waals surface area (Å²) in [5.41, 5.74) is 0.0598. The van der Waals surface area contributed by atoms with Crippen molar-refractivity contribution < 1.29 is 14.3 Å². The molecule has 0 aliphatic carbocycles. The van der Waals surface area contributed by atoms with E-state index in [2.05, 4.69) is 6.92 Å². The van der Waals surface area contributed by atoms with Gasteiger partial charge in [-0.15, -0.1) is 0 Å². The minimum Gasteiger partial charge on any atom is -0.507 e. The van der Waals surface area contributed by atoms with E-state index in [9.17, 15) is 14.3 Å². The van der Waals surface area contributed by atoms with Crippen molar-refractivity contribution in [3.63, 3.8) is 0 Å². The van der Waals surface area contributed by atoms with Crippen molar-refractivity contribution in [3.8, 4) is 5.75 Å². The van der Waals surface area contributed by atoms with Crippen LogP contribution in [0.3, 0.4) is 0 Å². The van der Waals surface area contributed by atoms with Gasteiger partial charge in [-0.25, -0.2) is 4.39 Å². The fraction of sp³-hybridized carbons (Fsp3) is 0.500. The summed E-state index contributed by atoms with van der Waals surface area (Å²) in [6.07, 6.45) is 3.03. The van der Waals surface area contributed by atoms with Gasteiger partial charge in [-0.1, -0.05) is 6.92 Å². The van der Waals surface area contributed by atoms with E-state index < -0.39 is 5.82 Å². The molecule has 1 aromatic carbocycles. The van der Waals surface area contributed by atoms with Gasteiger partial charge in [0.1, 0.15) is 11.6 Å². The van der Waals surface area contributed by atoms with E-state index >= 15 is 0 Å². The Kier molecular flexibility index (Phi) is 3.84.